The van der Waals surface area contributed by atoms with Crippen LogP contribution in [-0.4, -0.2) is 23.9 Å². The Morgan fingerprint density at radius 2 is 1.64 bits per heavy atom. The van der Waals surface area contributed by atoms with Gasteiger partial charge < -0.3 is 4.18 Å². The van der Waals surface area contributed by atoms with Crippen LogP contribution in [-0.2, 0) is 4.18 Å². The predicted molar refractivity (Wildman–Crippen MR) is 69.2 cm³/mol. The second-order valence-electron chi connectivity index (χ2n) is 5.70. The van der Waals surface area contributed by atoms with Crippen molar-refractivity contribution < 1.29 is 4.18 Å². The minimum absolute atomic E-state index is 0.296. The molecule has 0 bridgehead atoms. The maximum atomic E-state index is 6.03. The van der Waals surface area contributed by atoms with Crippen molar-refractivity contribution >= 4 is 10.3 Å². The Hall–Kier alpha value is 0.310. The maximum absolute atomic E-state index is 6.03. The van der Waals surface area contributed by atoms with Crippen LogP contribution < -0.4 is 0 Å². The molecule has 0 amide bonds. The van der Waals surface area contributed by atoms with Crippen molar-refractivity contribution in [2.75, 3.05) is 19.1 Å². The zero-order valence-corrected chi connectivity index (χ0v) is 11.8. The standard InChI is InChI=1S/C12H28OS/c1-11(2)9-8-10-13-14(6,7)12(3,4)5/h11H,8-10H2,1-7H3. The number of hydrogen-bond donors (Lipinski definition) is 0. The summed E-state index contributed by atoms with van der Waals surface area (Å²) in [6.45, 7) is 12.3. The first-order valence-corrected chi connectivity index (χ1v) is 7.91. The highest BCUT2D eigenvalue weighted by molar-refractivity contribution is 8.29. The van der Waals surface area contributed by atoms with E-state index < -0.39 is 10.3 Å². The molecule has 1 nitrogen and oxygen atoms in total. The van der Waals surface area contributed by atoms with E-state index in [1.54, 1.807) is 0 Å². The summed E-state index contributed by atoms with van der Waals surface area (Å²) in [5, 5.41) is 0. The molecule has 0 saturated carbocycles. The first-order chi connectivity index (χ1) is 6.17. The summed E-state index contributed by atoms with van der Waals surface area (Å²) < 4.78 is 6.32. The van der Waals surface area contributed by atoms with Gasteiger partial charge in [-0.3, -0.25) is 0 Å². The summed E-state index contributed by atoms with van der Waals surface area (Å²) in [7, 11) is -0.896. The molecule has 2 heteroatoms. The van der Waals surface area contributed by atoms with Crippen molar-refractivity contribution in [3.63, 3.8) is 0 Å². The van der Waals surface area contributed by atoms with Crippen LogP contribution >= 0.6 is 10.3 Å². The lowest BCUT2D eigenvalue weighted by Gasteiger charge is -2.43. The minimum Gasteiger partial charge on any atom is -0.337 e. The molecule has 0 aliphatic carbocycles. The molecule has 0 radical (unpaired) electrons. The minimum atomic E-state index is -0.896. The van der Waals surface area contributed by atoms with Gasteiger partial charge in [0.05, 0.1) is 6.61 Å². The van der Waals surface area contributed by atoms with Crippen molar-refractivity contribution in [3.8, 4) is 0 Å². The van der Waals surface area contributed by atoms with Gasteiger partial charge in [-0.25, -0.2) is 0 Å². The molecule has 0 spiro atoms. The van der Waals surface area contributed by atoms with E-state index in [4.69, 9.17) is 4.18 Å². The van der Waals surface area contributed by atoms with Crippen molar-refractivity contribution in [1.82, 2.24) is 0 Å². The normalized spacial score (nSPS) is 14.9. The highest BCUT2D eigenvalue weighted by Crippen LogP contribution is 2.53. The SMILES string of the molecule is CC(C)CCCOS(C)(C)C(C)(C)C. The van der Waals surface area contributed by atoms with Crippen LogP contribution in [0.1, 0.15) is 47.5 Å². The van der Waals surface area contributed by atoms with Crippen LogP contribution in [0.15, 0.2) is 0 Å². The Morgan fingerprint density at radius 3 is 2.00 bits per heavy atom. The monoisotopic (exact) mass is 220 g/mol. The van der Waals surface area contributed by atoms with Crippen molar-refractivity contribution in [2.45, 2.75) is 52.2 Å². The summed E-state index contributed by atoms with van der Waals surface area (Å²) in [5.74, 6) is 0.798. The van der Waals surface area contributed by atoms with Gasteiger partial charge in [-0.05, 0) is 31.3 Å². The van der Waals surface area contributed by atoms with E-state index in [-0.39, 0.29) is 0 Å². The van der Waals surface area contributed by atoms with Crippen LogP contribution in [0.5, 0.6) is 0 Å². The van der Waals surface area contributed by atoms with Gasteiger partial charge >= 0.3 is 0 Å². The maximum Gasteiger partial charge on any atom is 0.0592 e. The molecule has 0 aliphatic rings. The van der Waals surface area contributed by atoms with Crippen LogP contribution in [0.25, 0.3) is 0 Å². The molecule has 0 unspecified atom stereocenters. The van der Waals surface area contributed by atoms with Crippen LogP contribution in [0.4, 0.5) is 0 Å². The Bertz CT molecular complexity index is 156. The summed E-state index contributed by atoms with van der Waals surface area (Å²) in [6.07, 6.45) is 7.01. The largest absolute Gasteiger partial charge is 0.337 e. The fraction of sp³-hybridized carbons (Fsp3) is 1.00. The Balaban J connectivity index is 3.78. The highest BCUT2D eigenvalue weighted by Gasteiger charge is 2.28. The van der Waals surface area contributed by atoms with Gasteiger partial charge in [-0.15, -0.1) is 10.3 Å². The summed E-state index contributed by atoms with van der Waals surface area (Å²) >= 11 is 0. The third-order valence-electron chi connectivity index (χ3n) is 2.78. The second kappa shape index (κ2) is 5.41. The molecule has 0 atom stereocenters. The smallest absolute Gasteiger partial charge is 0.0592 e. The fourth-order valence-corrected chi connectivity index (χ4v) is 1.82. The summed E-state index contributed by atoms with van der Waals surface area (Å²) in [4.78, 5) is 0. The van der Waals surface area contributed by atoms with Crippen molar-refractivity contribution in [1.29, 1.82) is 0 Å². The quantitative estimate of drug-likeness (QED) is 0.630. The molecule has 0 aromatic carbocycles. The molecule has 0 aromatic rings. The average Bonchev–Trinajstić information content (AvgIpc) is 1.95. The fourth-order valence-electron chi connectivity index (χ4n) is 0.936. The predicted octanol–water partition coefficient (Wildman–Crippen LogP) is 4.22. The van der Waals surface area contributed by atoms with Gasteiger partial charge in [-0.1, -0.05) is 34.6 Å². The Labute approximate surface area is 92.1 Å². The zero-order chi connectivity index (χ0) is 11.4. The first kappa shape index (κ1) is 14.3. The van der Waals surface area contributed by atoms with E-state index in [2.05, 4.69) is 47.1 Å². The molecular weight excluding hydrogens is 192 g/mol. The Morgan fingerprint density at radius 1 is 1.14 bits per heavy atom. The lowest BCUT2D eigenvalue weighted by Crippen LogP contribution is -2.25. The van der Waals surface area contributed by atoms with Crippen LogP contribution in [0.2, 0.25) is 0 Å². The molecule has 0 fully saturated rings. The van der Waals surface area contributed by atoms with Crippen molar-refractivity contribution in [2.24, 2.45) is 5.92 Å². The first-order valence-electron chi connectivity index (χ1n) is 5.54. The third kappa shape index (κ3) is 5.26. The molecule has 0 heterocycles. The van der Waals surface area contributed by atoms with Gasteiger partial charge in [0.15, 0.2) is 0 Å². The average molecular weight is 220 g/mol. The molecule has 0 aliphatic heterocycles. The van der Waals surface area contributed by atoms with Gasteiger partial charge in [0.25, 0.3) is 0 Å². The van der Waals surface area contributed by atoms with Gasteiger partial charge in [-0.2, -0.15) is 0 Å². The topological polar surface area (TPSA) is 9.23 Å². The van der Waals surface area contributed by atoms with Gasteiger partial charge in [0, 0.05) is 4.75 Å². The zero-order valence-electron chi connectivity index (χ0n) is 11.0. The van der Waals surface area contributed by atoms with Crippen molar-refractivity contribution in [3.05, 3.63) is 0 Å². The third-order valence-corrected chi connectivity index (χ3v) is 6.48. The van der Waals surface area contributed by atoms with E-state index in [9.17, 15) is 0 Å². The molecule has 14 heavy (non-hydrogen) atoms. The lowest BCUT2D eigenvalue weighted by atomic mass is 10.1. The molecule has 0 N–H and O–H groups in total. The van der Waals surface area contributed by atoms with Gasteiger partial charge in [0.2, 0.25) is 0 Å². The summed E-state index contributed by atoms with van der Waals surface area (Å²) in [6, 6.07) is 0. The number of hydrogen-bond acceptors (Lipinski definition) is 1. The molecular formula is C12H28OS. The highest BCUT2D eigenvalue weighted by atomic mass is 32.3. The second-order valence-corrected chi connectivity index (χ2v) is 9.63. The van der Waals surface area contributed by atoms with E-state index in [0.29, 0.717) is 4.75 Å². The van der Waals surface area contributed by atoms with Gasteiger partial charge in [0.1, 0.15) is 0 Å². The lowest BCUT2D eigenvalue weighted by molar-refractivity contribution is 0.325. The van der Waals surface area contributed by atoms with E-state index in [1.165, 1.54) is 12.8 Å². The van der Waals surface area contributed by atoms with E-state index >= 15 is 0 Å². The van der Waals surface area contributed by atoms with Crippen LogP contribution in [0, 0.1) is 5.92 Å². The van der Waals surface area contributed by atoms with E-state index in [0.717, 1.165) is 12.5 Å². The molecule has 88 valence electrons. The summed E-state index contributed by atoms with van der Waals surface area (Å²) in [5.41, 5.74) is 0. The number of rotatable bonds is 5. The Kier molecular flexibility index (Phi) is 5.53. The van der Waals surface area contributed by atoms with Crippen LogP contribution in [0.3, 0.4) is 0 Å². The molecule has 0 aromatic heterocycles. The molecule has 0 saturated heterocycles. The van der Waals surface area contributed by atoms with E-state index in [1.807, 2.05) is 0 Å². The molecule has 0 rings (SSSR count).